The van der Waals surface area contributed by atoms with Crippen LogP contribution in [0.5, 0.6) is 0 Å². The number of sulfone groups is 1. The van der Waals surface area contributed by atoms with Crippen LogP contribution in [0.2, 0.25) is 0 Å². The molecule has 1 heterocycles. The van der Waals surface area contributed by atoms with E-state index < -0.39 is 80.2 Å². The normalized spacial score (nSPS) is 26.2. The highest BCUT2D eigenvalue weighted by Crippen LogP contribution is 2.58. The van der Waals surface area contributed by atoms with Crippen LogP contribution in [0.3, 0.4) is 0 Å². The van der Waals surface area contributed by atoms with Crippen molar-refractivity contribution in [2.24, 2.45) is 11.8 Å². The summed E-state index contributed by atoms with van der Waals surface area (Å²) in [5.74, 6) is -4.06. The highest BCUT2D eigenvalue weighted by atomic mass is 32.2. The third kappa shape index (κ3) is 4.60. The van der Waals surface area contributed by atoms with Crippen molar-refractivity contribution < 1.29 is 58.2 Å². The zero-order valence-electron chi connectivity index (χ0n) is 22.2. The molecule has 3 unspecified atom stereocenters. The predicted molar refractivity (Wildman–Crippen MR) is 134 cm³/mol. The van der Waals surface area contributed by atoms with Crippen LogP contribution in [0, 0.1) is 17.7 Å². The fourth-order valence-electron chi connectivity index (χ4n) is 6.95. The molecular weight excluding hydrogens is 614 g/mol. The number of benzene rings is 2. The van der Waals surface area contributed by atoms with Gasteiger partial charge in [-0.2, -0.15) is 26.3 Å². The minimum Gasteiger partial charge on any atom is -0.481 e. The van der Waals surface area contributed by atoms with Crippen molar-refractivity contribution in [2.45, 2.75) is 72.2 Å². The molecule has 2 aliphatic carbocycles. The van der Waals surface area contributed by atoms with Gasteiger partial charge in [0.15, 0.2) is 9.84 Å². The molecule has 1 saturated heterocycles. The van der Waals surface area contributed by atoms with E-state index in [9.17, 15) is 58.2 Å². The number of carbonyl (C=O) groups excluding carboxylic acids is 1. The zero-order chi connectivity index (χ0) is 31.8. The fourth-order valence-corrected chi connectivity index (χ4v) is 9.29. The number of halogens is 8. The Morgan fingerprint density at radius 3 is 2.09 bits per heavy atom. The number of alkyl halides is 7. The Kier molecular flexibility index (Phi) is 7.37. The summed E-state index contributed by atoms with van der Waals surface area (Å²) in [5, 5.41) is 9.45. The quantitative estimate of drug-likeness (QED) is 0.329. The van der Waals surface area contributed by atoms with Gasteiger partial charge in [0.2, 0.25) is 5.91 Å². The van der Waals surface area contributed by atoms with Crippen molar-refractivity contribution in [3.05, 3.63) is 65.0 Å². The molecule has 4 atom stereocenters. The minimum atomic E-state index is -6.39. The standard InChI is InChI=1S/C28H25F8NO5S/c29-19-5-7-20(8-6-19)43(41,42)25-10-11-37(23(38)15-2-1-3-16(12-15)24(39)40)22(25)14-17-13-18(4-9-21(17)25)26(30,27(31,32)33)28(34,35)36/h4-9,13,15-16,22H,1-3,10-12,14H2,(H,39,40)/t15-,16?,22?,25?/m0/s1. The highest BCUT2D eigenvalue weighted by molar-refractivity contribution is 7.92. The summed E-state index contributed by atoms with van der Waals surface area (Å²) >= 11 is 0. The molecule has 2 fully saturated rings. The third-order valence-electron chi connectivity index (χ3n) is 9.05. The number of fused-ring (bicyclic) bond motifs is 3. The van der Waals surface area contributed by atoms with Crippen LogP contribution in [-0.4, -0.2) is 55.2 Å². The summed E-state index contributed by atoms with van der Waals surface area (Å²) in [6, 6.07) is 3.69. The Bertz CT molecular complexity index is 1540. The number of carbonyl (C=O) groups is 2. The van der Waals surface area contributed by atoms with Crippen LogP contribution >= 0.6 is 0 Å². The number of aliphatic carboxylic acids is 1. The Morgan fingerprint density at radius 1 is 0.907 bits per heavy atom. The largest absolute Gasteiger partial charge is 0.481 e. The molecule has 5 rings (SSSR count). The van der Waals surface area contributed by atoms with Crippen LogP contribution in [0.25, 0.3) is 0 Å². The average molecular weight is 640 g/mol. The molecule has 0 radical (unpaired) electrons. The molecule has 234 valence electrons. The molecule has 2 aromatic rings. The lowest BCUT2D eigenvalue weighted by molar-refractivity contribution is -0.348. The number of hydrogen-bond donors (Lipinski definition) is 1. The first-order valence-corrected chi connectivity index (χ1v) is 14.8. The van der Waals surface area contributed by atoms with Crippen molar-refractivity contribution in [3.8, 4) is 0 Å². The molecule has 3 aliphatic rings. The van der Waals surface area contributed by atoms with Crippen molar-refractivity contribution in [1.82, 2.24) is 4.90 Å². The van der Waals surface area contributed by atoms with E-state index in [0.717, 1.165) is 30.3 Å². The third-order valence-corrected chi connectivity index (χ3v) is 11.6. The number of hydrogen-bond acceptors (Lipinski definition) is 4. The molecule has 1 amide bonds. The molecule has 1 saturated carbocycles. The van der Waals surface area contributed by atoms with Crippen LogP contribution in [0.15, 0.2) is 47.4 Å². The number of amides is 1. The molecule has 0 bridgehead atoms. The Morgan fingerprint density at radius 2 is 1.51 bits per heavy atom. The Balaban J connectivity index is 1.64. The van der Waals surface area contributed by atoms with Crippen LogP contribution in [0.1, 0.15) is 48.8 Å². The molecule has 15 heteroatoms. The van der Waals surface area contributed by atoms with Crippen molar-refractivity contribution in [2.75, 3.05) is 6.54 Å². The lowest BCUT2D eigenvalue weighted by atomic mass is 9.80. The molecule has 0 spiro atoms. The first kappa shape index (κ1) is 31.2. The van der Waals surface area contributed by atoms with Crippen molar-refractivity contribution in [3.63, 3.8) is 0 Å². The fraction of sp³-hybridized carbons (Fsp3) is 0.500. The highest BCUT2D eigenvalue weighted by Gasteiger charge is 2.74. The number of carboxylic acids is 1. The van der Waals surface area contributed by atoms with E-state index in [1.807, 2.05) is 0 Å². The van der Waals surface area contributed by atoms with Gasteiger partial charge < -0.3 is 10.0 Å². The molecule has 6 nitrogen and oxygen atoms in total. The van der Waals surface area contributed by atoms with Crippen LogP contribution < -0.4 is 0 Å². The van der Waals surface area contributed by atoms with E-state index in [-0.39, 0.29) is 41.5 Å². The summed E-state index contributed by atoms with van der Waals surface area (Å²) in [6.07, 6.45) is -12.6. The summed E-state index contributed by atoms with van der Waals surface area (Å²) in [6.45, 7) is -0.155. The number of carboxylic acid groups (broad SMARTS) is 1. The lowest BCUT2D eigenvalue weighted by Crippen LogP contribution is -2.50. The zero-order valence-corrected chi connectivity index (χ0v) is 23.0. The average Bonchev–Trinajstić information content (AvgIpc) is 3.46. The van der Waals surface area contributed by atoms with E-state index in [4.69, 9.17) is 0 Å². The van der Waals surface area contributed by atoms with E-state index in [1.54, 1.807) is 0 Å². The van der Waals surface area contributed by atoms with Gasteiger partial charge in [-0.15, -0.1) is 0 Å². The number of likely N-dealkylation sites (tertiary alicyclic amines) is 1. The SMILES string of the molecule is O=C(O)C1CCC[C@H](C(=O)N2CCC3(S(=O)(=O)c4ccc(F)cc4)c4ccc(C(F)(C(F)(F)F)C(F)(F)F)cc4CC23)C1. The van der Waals surface area contributed by atoms with Gasteiger partial charge in [-0.1, -0.05) is 24.6 Å². The Hall–Kier alpha value is -3.23. The van der Waals surface area contributed by atoms with Crippen molar-refractivity contribution >= 4 is 21.7 Å². The van der Waals surface area contributed by atoms with Gasteiger partial charge in [-0.05, 0) is 67.5 Å². The second kappa shape index (κ2) is 10.2. The predicted octanol–water partition coefficient (Wildman–Crippen LogP) is 5.83. The van der Waals surface area contributed by atoms with Gasteiger partial charge >= 0.3 is 24.0 Å². The van der Waals surface area contributed by atoms with Crippen molar-refractivity contribution in [1.29, 1.82) is 0 Å². The van der Waals surface area contributed by atoms with Crippen LogP contribution in [0.4, 0.5) is 35.1 Å². The van der Waals surface area contributed by atoms with E-state index in [2.05, 4.69) is 0 Å². The van der Waals surface area contributed by atoms with Gasteiger partial charge in [0.05, 0.1) is 16.9 Å². The van der Waals surface area contributed by atoms with Gasteiger partial charge in [0.1, 0.15) is 10.6 Å². The molecule has 1 aliphatic heterocycles. The second-order valence-corrected chi connectivity index (χ2v) is 13.5. The smallest absolute Gasteiger partial charge is 0.435 e. The summed E-state index contributed by atoms with van der Waals surface area (Å²) in [5.41, 5.74) is -8.03. The summed E-state index contributed by atoms with van der Waals surface area (Å²) in [4.78, 5) is 26.1. The summed E-state index contributed by atoms with van der Waals surface area (Å²) in [7, 11) is -4.59. The first-order valence-electron chi connectivity index (χ1n) is 13.4. The van der Waals surface area contributed by atoms with Gasteiger partial charge in [0.25, 0.3) is 0 Å². The maximum atomic E-state index is 15.0. The van der Waals surface area contributed by atoms with Crippen LogP contribution in [-0.2, 0) is 36.3 Å². The molecule has 0 aromatic heterocycles. The number of rotatable bonds is 5. The molecule has 2 aromatic carbocycles. The van der Waals surface area contributed by atoms with E-state index >= 15 is 0 Å². The minimum absolute atomic E-state index is 0.0201. The van der Waals surface area contributed by atoms with E-state index in [1.165, 1.54) is 4.90 Å². The van der Waals surface area contributed by atoms with Gasteiger partial charge in [0, 0.05) is 18.0 Å². The van der Waals surface area contributed by atoms with Gasteiger partial charge in [-0.3, -0.25) is 9.59 Å². The van der Waals surface area contributed by atoms with E-state index in [0.29, 0.717) is 25.3 Å². The molecule has 43 heavy (non-hydrogen) atoms. The monoisotopic (exact) mass is 639 g/mol. The molecule has 1 N–H and O–H groups in total. The Labute approximate surface area is 240 Å². The first-order chi connectivity index (χ1) is 19.9. The maximum absolute atomic E-state index is 15.0. The summed E-state index contributed by atoms with van der Waals surface area (Å²) < 4.78 is 136. The maximum Gasteiger partial charge on any atom is 0.435 e. The van der Waals surface area contributed by atoms with Gasteiger partial charge in [-0.25, -0.2) is 17.2 Å². The lowest BCUT2D eigenvalue weighted by Gasteiger charge is -2.35. The topological polar surface area (TPSA) is 91.8 Å². The second-order valence-electron chi connectivity index (χ2n) is 11.3. The number of nitrogens with zero attached hydrogens (tertiary/aromatic N) is 1. The molecular formula is C28H25F8NO5S.